The van der Waals surface area contributed by atoms with Gasteiger partial charge in [-0.15, -0.1) is 0 Å². The van der Waals surface area contributed by atoms with E-state index in [4.69, 9.17) is 5.26 Å². The molecule has 2 aromatic rings. The van der Waals surface area contributed by atoms with Crippen molar-refractivity contribution >= 4 is 17.5 Å². The fraction of sp³-hybridized carbons (Fsp3) is 0.533. The molecule has 0 N–H and O–H groups in total. The lowest BCUT2D eigenvalue weighted by Gasteiger charge is -2.42. The lowest BCUT2D eigenvalue weighted by atomic mass is 9.92. The molecule has 8 nitrogen and oxygen atoms in total. The van der Waals surface area contributed by atoms with Crippen LogP contribution in [0.4, 0.5) is 5.82 Å². The molecule has 8 heteroatoms. The topological polar surface area (TPSA) is 90.4 Å². The molecule has 3 heterocycles. The summed E-state index contributed by atoms with van der Waals surface area (Å²) in [7, 11) is 2.00. The minimum absolute atomic E-state index is 0.0621. The van der Waals surface area contributed by atoms with Gasteiger partial charge < -0.3 is 9.80 Å². The largest absolute Gasteiger partial charge is 0.354 e. The summed E-state index contributed by atoms with van der Waals surface area (Å²) in [6.45, 7) is 3.50. The van der Waals surface area contributed by atoms with Gasteiger partial charge in [0.1, 0.15) is 18.6 Å². The zero-order valence-corrected chi connectivity index (χ0v) is 13.3. The molecule has 1 amide bonds. The maximum atomic E-state index is 12.0. The van der Waals surface area contributed by atoms with Crippen LogP contribution in [0.3, 0.4) is 0 Å². The van der Waals surface area contributed by atoms with Crippen molar-refractivity contribution in [2.45, 2.75) is 25.8 Å². The molecule has 2 atom stereocenters. The number of anilines is 1. The van der Waals surface area contributed by atoms with Gasteiger partial charge in [0.25, 0.3) is 5.78 Å². The van der Waals surface area contributed by atoms with E-state index >= 15 is 0 Å². The van der Waals surface area contributed by atoms with Crippen molar-refractivity contribution in [1.29, 1.82) is 5.26 Å². The van der Waals surface area contributed by atoms with Gasteiger partial charge in [-0.1, -0.05) is 6.92 Å². The number of nitrogens with zero attached hydrogens (tertiary/aromatic N) is 7. The van der Waals surface area contributed by atoms with Crippen LogP contribution in [-0.4, -0.2) is 56.6 Å². The molecule has 3 rings (SSSR count). The Labute approximate surface area is 134 Å². The molecule has 120 valence electrons. The van der Waals surface area contributed by atoms with Crippen LogP contribution >= 0.6 is 0 Å². The number of carbonyl (C=O) groups excluding carboxylic acids is 1. The summed E-state index contributed by atoms with van der Waals surface area (Å²) in [6, 6.07) is 3.98. The van der Waals surface area contributed by atoms with Crippen LogP contribution in [0, 0.1) is 17.2 Å². The first-order chi connectivity index (χ1) is 11.1. The average molecular weight is 313 g/mol. The van der Waals surface area contributed by atoms with Crippen molar-refractivity contribution in [2.24, 2.45) is 5.92 Å². The molecule has 1 fully saturated rings. The van der Waals surface area contributed by atoms with Gasteiger partial charge in [0, 0.05) is 26.3 Å². The molecule has 0 radical (unpaired) electrons. The van der Waals surface area contributed by atoms with Crippen molar-refractivity contribution < 1.29 is 4.79 Å². The summed E-state index contributed by atoms with van der Waals surface area (Å²) >= 11 is 0. The Morgan fingerprint density at radius 1 is 1.52 bits per heavy atom. The van der Waals surface area contributed by atoms with Crippen molar-refractivity contribution in [3.63, 3.8) is 0 Å². The summed E-state index contributed by atoms with van der Waals surface area (Å²) in [6.07, 6.45) is 4.04. The van der Waals surface area contributed by atoms with Gasteiger partial charge in [-0.3, -0.25) is 4.79 Å². The van der Waals surface area contributed by atoms with E-state index in [2.05, 4.69) is 26.9 Å². The number of likely N-dealkylation sites (tertiary alicyclic amines) is 1. The number of amides is 1. The van der Waals surface area contributed by atoms with Crippen LogP contribution < -0.4 is 4.90 Å². The molecule has 0 aromatic carbocycles. The molecular formula is C15H19N7O. The zero-order chi connectivity index (χ0) is 16.4. The van der Waals surface area contributed by atoms with Crippen LogP contribution in [-0.2, 0) is 4.79 Å². The lowest BCUT2D eigenvalue weighted by molar-refractivity contribution is -0.131. The molecule has 23 heavy (non-hydrogen) atoms. The Balaban J connectivity index is 1.85. The average Bonchev–Trinajstić information content (AvgIpc) is 3.03. The second-order valence-electron chi connectivity index (χ2n) is 5.89. The number of hydrogen-bond donors (Lipinski definition) is 0. The van der Waals surface area contributed by atoms with Crippen molar-refractivity contribution in [3.05, 3.63) is 18.6 Å². The summed E-state index contributed by atoms with van der Waals surface area (Å²) in [5, 5.41) is 13.0. The number of piperidine rings is 1. The maximum absolute atomic E-state index is 12.0. The first kappa shape index (κ1) is 15.2. The third kappa shape index (κ3) is 2.82. The number of fused-ring (bicyclic) bond motifs is 1. The highest BCUT2D eigenvalue weighted by Crippen LogP contribution is 2.25. The first-order valence-corrected chi connectivity index (χ1v) is 7.64. The van der Waals surface area contributed by atoms with Crippen molar-refractivity contribution in [3.8, 4) is 6.07 Å². The minimum Gasteiger partial charge on any atom is -0.354 e. The zero-order valence-electron chi connectivity index (χ0n) is 13.3. The molecule has 0 aliphatic carbocycles. The van der Waals surface area contributed by atoms with Gasteiger partial charge in [-0.25, -0.2) is 4.98 Å². The molecule has 1 saturated heterocycles. The SMILES string of the molecule is CC1CCN(C(=O)CC#N)CC1N(C)c1ccnc2ncnn12. The number of rotatable bonds is 3. The fourth-order valence-electron chi connectivity index (χ4n) is 3.12. The predicted molar refractivity (Wildman–Crippen MR) is 83.6 cm³/mol. The molecule has 0 saturated carbocycles. The highest BCUT2D eigenvalue weighted by molar-refractivity contribution is 5.78. The fourth-order valence-corrected chi connectivity index (χ4v) is 3.12. The molecular weight excluding hydrogens is 294 g/mol. The second kappa shape index (κ2) is 6.20. The molecule has 0 spiro atoms. The Kier molecular flexibility index (Phi) is 4.10. The van der Waals surface area contributed by atoms with E-state index in [-0.39, 0.29) is 18.4 Å². The summed E-state index contributed by atoms with van der Waals surface area (Å²) < 4.78 is 1.70. The summed E-state index contributed by atoms with van der Waals surface area (Å²) in [5.41, 5.74) is 0. The van der Waals surface area contributed by atoms with E-state index in [0.717, 1.165) is 12.2 Å². The van der Waals surface area contributed by atoms with Crippen molar-refractivity contribution in [1.82, 2.24) is 24.5 Å². The Hall–Kier alpha value is -2.69. The Bertz CT molecular complexity index is 750. The minimum atomic E-state index is -0.0987. The molecule has 2 unspecified atom stereocenters. The van der Waals surface area contributed by atoms with Crippen LogP contribution in [0.2, 0.25) is 0 Å². The van der Waals surface area contributed by atoms with E-state index < -0.39 is 0 Å². The number of carbonyl (C=O) groups is 1. The van der Waals surface area contributed by atoms with Gasteiger partial charge >= 0.3 is 0 Å². The second-order valence-corrected chi connectivity index (χ2v) is 5.89. The molecule has 0 bridgehead atoms. The number of nitriles is 1. The number of hydrogen-bond acceptors (Lipinski definition) is 6. The lowest BCUT2D eigenvalue weighted by Crippen LogP contribution is -2.53. The van der Waals surface area contributed by atoms with Gasteiger partial charge in [0.15, 0.2) is 0 Å². The summed E-state index contributed by atoms with van der Waals surface area (Å²) in [4.78, 5) is 24.2. The quantitative estimate of drug-likeness (QED) is 0.829. The maximum Gasteiger partial charge on any atom is 0.254 e. The standard InChI is InChI=1S/C15H19N7O/c1-11-5-8-21(14(23)3-6-16)9-12(11)20(2)13-4-7-17-15-18-10-19-22(13)15/h4,7,10-12H,3,5,8-9H2,1-2H3. The first-order valence-electron chi connectivity index (χ1n) is 7.64. The van der Waals surface area contributed by atoms with E-state index in [1.165, 1.54) is 6.33 Å². The van der Waals surface area contributed by atoms with Gasteiger partial charge in [-0.2, -0.15) is 19.9 Å². The normalized spacial score (nSPS) is 21.2. The number of likely N-dealkylation sites (N-methyl/N-ethyl adjacent to an activating group) is 1. The molecule has 1 aliphatic heterocycles. The monoisotopic (exact) mass is 313 g/mol. The van der Waals surface area contributed by atoms with Crippen LogP contribution in [0.15, 0.2) is 18.6 Å². The highest BCUT2D eigenvalue weighted by Gasteiger charge is 2.32. The third-order valence-electron chi connectivity index (χ3n) is 4.52. The van der Waals surface area contributed by atoms with E-state index in [9.17, 15) is 4.79 Å². The van der Waals surface area contributed by atoms with Crippen LogP contribution in [0.5, 0.6) is 0 Å². The highest BCUT2D eigenvalue weighted by atomic mass is 16.2. The van der Waals surface area contributed by atoms with Gasteiger partial charge in [0.2, 0.25) is 5.91 Å². The van der Waals surface area contributed by atoms with E-state index in [1.54, 1.807) is 15.6 Å². The van der Waals surface area contributed by atoms with Crippen LogP contribution in [0.25, 0.3) is 5.78 Å². The molecule has 2 aromatic heterocycles. The van der Waals surface area contributed by atoms with E-state index in [1.807, 2.05) is 19.2 Å². The van der Waals surface area contributed by atoms with Gasteiger partial charge in [0.05, 0.1) is 12.1 Å². The number of aromatic nitrogens is 4. The van der Waals surface area contributed by atoms with E-state index in [0.29, 0.717) is 24.8 Å². The van der Waals surface area contributed by atoms with Crippen molar-refractivity contribution in [2.75, 3.05) is 25.0 Å². The Morgan fingerprint density at radius 2 is 2.35 bits per heavy atom. The molecule has 1 aliphatic rings. The smallest absolute Gasteiger partial charge is 0.254 e. The van der Waals surface area contributed by atoms with Crippen LogP contribution in [0.1, 0.15) is 19.8 Å². The third-order valence-corrected chi connectivity index (χ3v) is 4.52. The summed E-state index contributed by atoms with van der Waals surface area (Å²) in [5.74, 6) is 1.77. The predicted octanol–water partition coefficient (Wildman–Crippen LogP) is 0.711. The Morgan fingerprint density at radius 3 is 3.13 bits per heavy atom. The van der Waals surface area contributed by atoms with Gasteiger partial charge in [-0.05, 0) is 18.4 Å².